The van der Waals surface area contributed by atoms with E-state index in [1.54, 1.807) is 11.3 Å². The molecule has 0 bridgehead atoms. The van der Waals surface area contributed by atoms with Crippen LogP contribution in [0.3, 0.4) is 0 Å². The van der Waals surface area contributed by atoms with Gasteiger partial charge in [-0.25, -0.2) is 4.98 Å². The number of aryl methyl sites for hydroxylation is 2. The van der Waals surface area contributed by atoms with Crippen molar-refractivity contribution < 1.29 is 13.2 Å². The van der Waals surface area contributed by atoms with Gasteiger partial charge in [-0.05, 0) is 51.2 Å². The maximum absolute atomic E-state index is 12.8. The standard InChI is InChI=1S/C17H19F3N4S/c1-8-7-9(2)21-16-12(8)13-14(25-16)15(24-23-13)22-11-5-3-10(4-6-11)17(18,19)20/h7,10-11H,3-6H2,1-2H3,(H2,22,23,24). The normalized spacial score (nSPS) is 22.0. The van der Waals surface area contributed by atoms with E-state index in [0.717, 1.165) is 37.5 Å². The van der Waals surface area contributed by atoms with Crippen LogP contribution in [0.4, 0.5) is 19.0 Å². The molecule has 0 unspecified atom stereocenters. The summed E-state index contributed by atoms with van der Waals surface area (Å²) in [4.78, 5) is 5.55. The van der Waals surface area contributed by atoms with E-state index in [9.17, 15) is 13.2 Å². The molecule has 0 saturated heterocycles. The van der Waals surface area contributed by atoms with Gasteiger partial charge in [0.25, 0.3) is 0 Å². The molecule has 1 fully saturated rings. The molecule has 0 radical (unpaired) electrons. The first-order valence-corrected chi connectivity index (χ1v) is 9.22. The van der Waals surface area contributed by atoms with E-state index in [1.165, 1.54) is 0 Å². The summed E-state index contributed by atoms with van der Waals surface area (Å²) in [6.45, 7) is 4.02. The number of nitrogens with one attached hydrogen (secondary N) is 2. The lowest BCUT2D eigenvalue weighted by Crippen LogP contribution is -2.32. The van der Waals surface area contributed by atoms with Gasteiger partial charge in [0, 0.05) is 17.1 Å². The molecule has 1 aliphatic rings. The van der Waals surface area contributed by atoms with Crippen molar-refractivity contribution in [1.29, 1.82) is 0 Å². The fraction of sp³-hybridized carbons (Fsp3) is 0.529. The Bertz CT molecular complexity index is 919. The van der Waals surface area contributed by atoms with Crippen molar-refractivity contribution in [3.63, 3.8) is 0 Å². The quantitative estimate of drug-likeness (QED) is 0.643. The lowest BCUT2D eigenvalue weighted by Gasteiger charge is -2.30. The molecule has 0 aromatic carbocycles. The fourth-order valence-electron chi connectivity index (χ4n) is 3.73. The van der Waals surface area contributed by atoms with Crippen molar-refractivity contribution >= 4 is 37.6 Å². The van der Waals surface area contributed by atoms with Crippen LogP contribution in [-0.4, -0.2) is 27.4 Å². The molecule has 3 aromatic heterocycles. The number of alkyl halides is 3. The highest BCUT2D eigenvalue weighted by Crippen LogP contribution is 2.40. The van der Waals surface area contributed by atoms with Crippen LogP contribution in [-0.2, 0) is 0 Å². The summed E-state index contributed by atoms with van der Waals surface area (Å²) >= 11 is 1.57. The third-order valence-electron chi connectivity index (χ3n) is 5.01. The van der Waals surface area contributed by atoms with Crippen LogP contribution in [0.1, 0.15) is 36.9 Å². The summed E-state index contributed by atoms with van der Waals surface area (Å²) in [5, 5.41) is 11.8. The predicted molar refractivity (Wildman–Crippen MR) is 94.2 cm³/mol. The molecule has 4 rings (SSSR count). The largest absolute Gasteiger partial charge is 0.391 e. The van der Waals surface area contributed by atoms with Crippen LogP contribution in [0, 0.1) is 19.8 Å². The van der Waals surface area contributed by atoms with Crippen molar-refractivity contribution in [2.75, 3.05) is 5.32 Å². The van der Waals surface area contributed by atoms with E-state index in [4.69, 9.17) is 0 Å². The minimum absolute atomic E-state index is 0.0334. The summed E-state index contributed by atoms with van der Waals surface area (Å²) in [5.41, 5.74) is 3.08. The van der Waals surface area contributed by atoms with E-state index in [-0.39, 0.29) is 18.9 Å². The van der Waals surface area contributed by atoms with Crippen LogP contribution in [0.2, 0.25) is 0 Å². The third kappa shape index (κ3) is 2.96. The molecule has 0 aliphatic heterocycles. The Morgan fingerprint density at radius 3 is 2.60 bits per heavy atom. The number of aromatic amines is 1. The van der Waals surface area contributed by atoms with Crippen molar-refractivity contribution in [3.05, 3.63) is 17.3 Å². The number of H-pyrrole nitrogens is 1. The van der Waals surface area contributed by atoms with E-state index >= 15 is 0 Å². The first-order valence-electron chi connectivity index (χ1n) is 8.41. The minimum Gasteiger partial charge on any atom is -0.365 e. The zero-order valence-electron chi connectivity index (χ0n) is 14.0. The molecule has 0 amide bonds. The zero-order chi connectivity index (χ0) is 17.8. The smallest absolute Gasteiger partial charge is 0.365 e. The predicted octanol–water partition coefficient (Wildman–Crippen LogP) is 5.32. The summed E-state index contributed by atoms with van der Waals surface area (Å²) in [6, 6.07) is 2.08. The molecule has 3 heterocycles. The van der Waals surface area contributed by atoms with Gasteiger partial charge in [-0.3, -0.25) is 5.10 Å². The Kier molecular flexibility index (Phi) is 3.90. The van der Waals surface area contributed by atoms with Gasteiger partial charge in [-0.15, -0.1) is 11.3 Å². The topological polar surface area (TPSA) is 53.6 Å². The van der Waals surface area contributed by atoms with Crippen molar-refractivity contribution in [1.82, 2.24) is 15.2 Å². The highest BCUT2D eigenvalue weighted by Gasteiger charge is 2.41. The van der Waals surface area contributed by atoms with Gasteiger partial charge in [0.15, 0.2) is 5.82 Å². The van der Waals surface area contributed by atoms with E-state index in [2.05, 4.69) is 27.4 Å². The summed E-state index contributed by atoms with van der Waals surface area (Å²) in [6.07, 6.45) is -2.68. The molecule has 3 aromatic rings. The number of nitrogens with zero attached hydrogens (tertiary/aromatic N) is 2. The number of fused-ring (bicyclic) bond motifs is 3. The van der Waals surface area contributed by atoms with E-state index < -0.39 is 12.1 Å². The van der Waals surface area contributed by atoms with Crippen LogP contribution in [0.15, 0.2) is 6.07 Å². The zero-order valence-corrected chi connectivity index (χ0v) is 14.8. The highest BCUT2D eigenvalue weighted by atomic mass is 32.1. The molecule has 4 nitrogen and oxygen atoms in total. The lowest BCUT2D eigenvalue weighted by molar-refractivity contribution is -0.182. The van der Waals surface area contributed by atoms with Gasteiger partial charge in [-0.1, -0.05) is 0 Å². The monoisotopic (exact) mass is 368 g/mol. The Morgan fingerprint density at radius 1 is 1.20 bits per heavy atom. The van der Waals surface area contributed by atoms with Crippen LogP contribution >= 0.6 is 11.3 Å². The fourth-order valence-corrected chi connectivity index (χ4v) is 4.93. The molecular formula is C17H19F3N4S. The van der Waals surface area contributed by atoms with E-state index in [1.807, 2.05) is 13.0 Å². The van der Waals surface area contributed by atoms with Gasteiger partial charge < -0.3 is 5.32 Å². The van der Waals surface area contributed by atoms with Gasteiger partial charge in [0.2, 0.25) is 0 Å². The average molecular weight is 368 g/mol. The first-order chi connectivity index (χ1) is 11.8. The van der Waals surface area contributed by atoms with Crippen LogP contribution in [0.25, 0.3) is 20.4 Å². The highest BCUT2D eigenvalue weighted by molar-refractivity contribution is 7.26. The Labute approximate surface area is 146 Å². The molecule has 1 saturated carbocycles. The van der Waals surface area contributed by atoms with Gasteiger partial charge in [0.05, 0.1) is 16.1 Å². The number of hydrogen-bond donors (Lipinski definition) is 2. The Balaban J connectivity index is 1.58. The van der Waals surface area contributed by atoms with Crippen molar-refractivity contribution in [2.45, 2.75) is 51.7 Å². The second-order valence-corrected chi connectivity index (χ2v) is 7.87. The van der Waals surface area contributed by atoms with Crippen molar-refractivity contribution in [3.8, 4) is 0 Å². The van der Waals surface area contributed by atoms with Gasteiger partial charge in [-0.2, -0.15) is 18.3 Å². The van der Waals surface area contributed by atoms with Crippen LogP contribution < -0.4 is 5.32 Å². The third-order valence-corrected chi connectivity index (χ3v) is 6.10. The first kappa shape index (κ1) is 16.6. The molecule has 0 atom stereocenters. The molecule has 134 valence electrons. The number of rotatable bonds is 2. The van der Waals surface area contributed by atoms with Gasteiger partial charge >= 0.3 is 6.18 Å². The second kappa shape index (κ2) is 5.86. The molecule has 25 heavy (non-hydrogen) atoms. The molecule has 2 N–H and O–H groups in total. The lowest BCUT2D eigenvalue weighted by atomic mass is 9.85. The van der Waals surface area contributed by atoms with Crippen molar-refractivity contribution in [2.24, 2.45) is 5.92 Å². The summed E-state index contributed by atoms with van der Waals surface area (Å²) < 4.78 is 39.4. The average Bonchev–Trinajstić information content (AvgIpc) is 3.06. The second-order valence-electron chi connectivity index (χ2n) is 6.87. The number of aromatic nitrogens is 3. The maximum atomic E-state index is 12.8. The Hall–Kier alpha value is -1.83. The molecule has 0 spiro atoms. The summed E-state index contributed by atoms with van der Waals surface area (Å²) in [7, 11) is 0. The molecular weight excluding hydrogens is 349 g/mol. The number of anilines is 1. The van der Waals surface area contributed by atoms with E-state index in [0.29, 0.717) is 12.8 Å². The molecule has 1 aliphatic carbocycles. The number of thiophene rings is 1. The van der Waals surface area contributed by atoms with Gasteiger partial charge in [0.1, 0.15) is 4.83 Å². The Morgan fingerprint density at radius 2 is 1.92 bits per heavy atom. The summed E-state index contributed by atoms with van der Waals surface area (Å²) in [5.74, 6) is -0.436. The SMILES string of the molecule is Cc1cc(C)c2c(n1)sc1c(NC3CCC(C(F)(F)F)CC3)n[nH]c12. The maximum Gasteiger partial charge on any atom is 0.391 e. The number of halogens is 3. The van der Waals surface area contributed by atoms with Crippen LogP contribution in [0.5, 0.6) is 0 Å². The number of hydrogen-bond acceptors (Lipinski definition) is 4. The minimum atomic E-state index is -4.07. The number of pyridine rings is 1. The molecule has 8 heteroatoms.